The molecule has 1 unspecified atom stereocenters. The van der Waals surface area contributed by atoms with E-state index in [0.29, 0.717) is 6.42 Å². The Bertz CT molecular complexity index is 380. The predicted octanol–water partition coefficient (Wildman–Crippen LogP) is 3.44. The van der Waals surface area contributed by atoms with Gasteiger partial charge in [0, 0.05) is 17.7 Å². The zero-order valence-corrected chi connectivity index (χ0v) is 11.0. The summed E-state index contributed by atoms with van der Waals surface area (Å²) in [5.74, 6) is 0. The molecule has 0 aromatic heterocycles. The van der Waals surface area contributed by atoms with Crippen molar-refractivity contribution < 1.29 is 4.92 Å². The summed E-state index contributed by atoms with van der Waals surface area (Å²) >= 11 is 0. The maximum absolute atomic E-state index is 10.9. The predicted molar refractivity (Wildman–Crippen MR) is 73.5 cm³/mol. The molecule has 1 aromatic rings. The van der Waals surface area contributed by atoms with Gasteiger partial charge in [0.25, 0.3) is 5.69 Å². The van der Waals surface area contributed by atoms with E-state index in [2.05, 4.69) is 6.92 Å². The lowest BCUT2D eigenvalue weighted by atomic mass is 10.00. The molecule has 4 nitrogen and oxygen atoms in total. The minimum atomic E-state index is -0.334. The molecule has 1 aromatic carbocycles. The number of hydrogen-bond acceptors (Lipinski definition) is 3. The molecule has 0 fully saturated rings. The van der Waals surface area contributed by atoms with Crippen LogP contribution in [0.3, 0.4) is 0 Å². The Morgan fingerprint density at radius 2 is 2.00 bits per heavy atom. The van der Waals surface area contributed by atoms with Crippen LogP contribution in [-0.4, -0.2) is 11.0 Å². The Labute approximate surface area is 108 Å². The highest BCUT2D eigenvalue weighted by molar-refractivity contribution is 5.40. The van der Waals surface area contributed by atoms with Crippen LogP contribution < -0.4 is 5.73 Å². The molecule has 0 bridgehead atoms. The van der Waals surface area contributed by atoms with Crippen LogP contribution in [0.4, 0.5) is 5.69 Å². The number of benzene rings is 1. The first-order valence-corrected chi connectivity index (χ1v) is 6.63. The zero-order valence-electron chi connectivity index (χ0n) is 11.0. The first-order valence-electron chi connectivity index (χ1n) is 6.63. The number of nitrogens with zero attached hydrogens (tertiary/aromatic N) is 1. The van der Waals surface area contributed by atoms with Gasteiger partial charge in [-0.1, -0.05) is 50.8 Å². The van der Waals surface area contributed by atoms with Crippen LogP contribution in [0.15, 0.2) is 24.3 Å². The van der Waals surface area contributed by atoms with E-state index in [9.17, 15) is 10.1 Å². The van der Waals surface area contributed by atoms with Crippen LogP contribution >= 0.6 is 0 Å². The van der Waals surface area contributed by atoms with Crippen LogP contribution in [-0.2, 0) is 6.42 Å². The summed E-state index contributed by atoms with van der Waals surface area (Å²) in [6.45, 7) is 2.17. The third kappa shape index (κ3) is 4.84. The molecule has 0 aliphatic heterocycles. The van der Waals surface area contributed by atoms with Gasteiger partial charge >= 0.3 is 0 Å². The second-order valence-corrected chi connectivity index (χ2v) is 4.70. The van der Waals surface area contributed by atoms with Crippen molar-refractivity contribution >= 4 is 5.69 Å². The maximum atomic E-state index is 10.9. The zero-order chi connectivity index (χ0) is 13.4. The molecule has 4 heteroatoms. The third-order valence-corrected chi connectivity index (χ3v) is 3.10. The second kappa shape index (κ2) is 7.82. The van der Waals surface area contributed by atoms with E-state index >= 15 is 0 Å². The number of nitro groups is 1. The molecule has 0 spiro atoms. The summed E-state index contributed by atoms with van der Waals surface area (Å²) in [6, 6.07) is 6.87. The Balaban J connectivity index is 2.48. The van der Waals surface area contributed by atoms with E-state index in [4.69, 9.17) is 5.73 Å². The smallest absolute Gasteiger partial charge is 0.272 e. The number of para-hydroxylation sites is 1. The highest BCUT2D eigenvalue weighted by Gasteiger charge is 2.14. The van der Waals surface area contributed by atoms with Gasteiger partial charge in [-0.05, 0) is 12.8 Å². The largest absolute Gasteiger partial charge is 0.327 e. The van der Waals surface area contributed by atoms with E-state index in [1.165, 1.54) is 19.3 Å². The lowest BCUT2D eigenvalue weighted by Gasteiger charge is -2.11. The van der Waals surface area contributed by atoms with E-state index in [-0.39, 0.29) is 16.7 Å². The molecule has 100 valence electrons. The van der Waals surface area contributed by atoms with Gasteiger partial charge in [-0.25, -0.2) is 0 Å². The normalized spacial score (nSPS) is 12.3. The van der Waals surface area contributed by atoms with Crippen molar-refractivity contribution in [3.05, 3.63) is 39.9 Å². The van der Waals surface area contributed by atoms with E-state index < -0.39 is 0 Å². The minimum absolute atomic E-state index is 0.0166. The fourth-order valence-corrected chi connectivity index (χ4v) is 2.08. The van der Waals surface area contributed by atoms with Crippen molar-refractivity contribution in [2.45, 2.75) is 51.5 Å². The van der Waals surface area contributed by atoms with Crippen molar-refractivity contribution in [2.24, 2.45) is 5.73 Å². The first kappa shape index (κ1) is 14.6. The van der Waals surface area contributed by atoms with Crippen LogP contribution in [0, 0.1) is 10.1 Å². The topological polar surface area (TPSA) is 69.2 Å². The molecular formula is C14H22N2O2. The monoisotopic (exact) mass is 250 g/mol. The summed E-state index contributed by atoms with van der Waals surface area (Å²) in [6.07, 6.45) is 6.27. The van der Waals surface area contributed by atoms with Gasteiger partial charge in [-0.2, -0.15) is 0 Å². The summed E-state index contributed by atoms with van der Waals surface area (Å²) in [7, 11) is 0. The average molecular weight is 250 g/mol. The van der Waals surface area contributed by atoms with Gasteiger partial charge in [0.05, 0.1) is 4.92 Å². The molecule has 0 saturated heterocycles. The molecule has 0 aliphatic rings. The Kier molecular flexibility index (Phi) is 6.36. The number of unbranched alkanes of at least 4 members (excludes halogenated alkanes) is 3. The average Bonchev–Trinajstić information content (AvgIpc) is 2.35. The van der Waals surface area contributed by atoms with Crippen molar-refractivity contribution in [3.63, 3.8) is 0 Å². The van der Waals surface area contributed by atoms with Crippen LogP contribution in [0.2, 0.25) is 0 Å². The van der Waals surface area contributed by atoms with Crippen LogP contribution in [0.5, 0.6) is 0 Å². The molecule has 2 N–H and O–H groups in total. The van der Waals surface area contributed by atoms with E-state index in [0.717, 1.165) is 18.4 Å². The molecule has 18 heavy (non-hydrogen) atoms. The van der Waals surface area contributed by atoms with Gasteiger partial charge in [-0.3, -0.25) is 10.1 Å². The van der Waals surface area contributed by atoms with Gasteiger partial charge in [0.15, 0.2) is 0 Å². The Morgan fingerprint density at radius 1 is 1.28 bits per heavy atom. The van der Waals surface area contributed by atoms with Gasteiger partial charge in [0.2, 0.25) is 0 Å². The van der Waals surface area contributed by atoms with E-state index in [1.807, 2.05) is 6.07 Å². The molecule has 0 aliphatic carbocycles. The quantitative estimate of drug-likeness (QED) is 0.436. The summed E-state index contributed by atoms with van der Waals surface area (Å²) in [5.41, 5.74) is 6.96. The molecule has 0 amide bonds. The second-order valence-electron chi connectivity index (χ2n) is 4.70. The van der Waals surface area contributed by atoms with Gasteiger partial charge in [-0.15, -0.1) is 0 Å². The first-order chi connectivity index (χ1) is 8.65. The number of rotatable bonds is 8. The molecule has 1 atom stereocenters. The highest BCUT2D eigenvalue weighted by Crippen LogP contribution is 2.20. The van der Waals surface area contributed by atoms with Crippen LogP contribution in [0.25, 0.3) is 0 Å². The van der Waals surface area contributed by atoms with Gasteiger partial charge < -0.3 is 5.73 Å². The molecule has 0 saturated carbocycles. The molecule has 1 rings (SSSR count). The third-order valence-electron chi connectivity index (χ3n) is 3.10. The lowest BCUT2D eigenvalue weighted by Crippen LogP contribution is -2.23. The Hall–Kier alpha value is -1.42. The van der Waals surface area contributed by atoms with Crippen molar-refractivity contribution in [3.8, 4) is 0 Å². The highest BCUT2D eigenvalue weighted by atomic mass is 16.6. The van der Waals surface area contributed by atoms with Crippen molar-refractivity contribution in [2.75, 3.05) is 0 Å². The van der Waals surface area contributed by atoms with Crippen LogP contribution in [0.1, 0.15) is 44.6 Å². The molecule has 0 heterocycles. The van der Waals surface area contributed by atoms with Crippen molar-refractivity contribution in [1.82, 2.24) is 0 Å². The van der Waals surface area contributed by atoms with E-state index in [1.54, 1.807) is 18.2 Å². The fourth-order valence-electron chi connectivity index (χ4n) is 2.08. The maximum Gasteiger partial charge on any atom is 0.272 e. The van der Waals surface area contributed by atoms with Crippen molar-refractivity contribution in [1.29, 1.82) is 0 Å². The fraction of sp³-hybridized carbons (Fsp3) is 0.571. The number of nitro benzene ring substituents is 1. The summed E-state index contributed by atoms with van der Waals surface area (Å²) in [4.78, 5) is 10.5. The summed E-state index contributed by atoms with van der Waals surface area (Å²) in [5, 5.41) is 10.9. The molecular weight excluding hydrogens is 228 g/mol. The Morgan fingerprint density at radius 3 is 2.67 bits per heavy atom. The number of hydrogen-bond donors (Lipinski definition) is 1. The molecule has 0 radical (unpaired) electrons. The van der Waals surface area contributed by atoms with Gasteiger partial charge in [0.1, 0.15) is 0 Å². The standard InChI is InChI=1S/C14H22N2O2/c1-2-3-4-5-9-13(15)11-12-8-6-7-10-14(12)16(17)18/h6-8,10,13H,2-5,9,11,15H2,1H3. The lowest BCUT2D eigenvalue weighted by molar-refractivity contribution is -0.385. The summed E-state index contributed by atoms with van der Waals surface area (Å²) < 4.78 is 0. The SMILES string of the molecule is CCCCCCC(N)Cc1ccccc1[N+](=O)[O-]. The minimum Gasteiger partial charge on any atom is -0.327 e. The number of nitrogens with two attached hydrogens (primary N) is 1.